The van der Waals surface area contributed by atoms with Crippen molar-refractivity contribution in [2.45, 2.75) is 25.6 Å². The van der Waals surface area contributed by atoms with Crippen LogP contribution in [-0.4, -0.2) is 21.6 Å². The van der Waals surface area contributed by atoms with Crippen LogP contribution in [-0.2, 0) is 6.42 Å². The number of halogens is 3. The highest BCUT2D eigenvalue weighted by atomic mass is 32.1. The van der Waals surface area contributed by atoms with Crippen molar-refractivity contribution in [1.29, 1.82) is 0 Å². The van der Waals surface area contributed by atoms with E-state index in [1.54, 1.807) is 18.3 Å². The summed E-state index contributed by atoms with van der Waals surface area (Å²) in [7, 11) is 0. The molecule has 5 rings (SSSR count). The second-order valence-corrected chi connectivity index (χ2v) is 8.95. The van der Waals surface area contributed by atoms with Crippen molar-refractivity contribution < 1.29 is 27.4 Å². The summed E-state index contributed by atoms with van der Waals surface area (Å²) in [5.74, 6) is 0.201. The number of hydrogen-bond acceptors (Lipinski definition) is 7. The van der Waals surface area contributed by atoms with E-state index in [1.807, 2.05) is 12.2 Å². The van der Waals surface area contributed by atoms with Gasteiger partial charge in [0.1, 0.15) is 17.1 Å². The number of allylic oxidation sites excluding steroid dienone is 5. The van der Waals surface area contributed by atoms with Crippen LogP contribution in [0.25, 0.3) is 16.9 Å². The van der Waals surface area contributed by atoms with Crippen LogP contribution in [0.1, 0.15) is 24.1 Å². The zero-order valence-electron chi connectivity index (χ0n) is 19.9. The zero-order chi connectivity index (χ0) is 27.6. The van der Waals surface area contributed by atoms with Crippen molar-refractivity contribution in [3.05, 3.63) is 99.4 Å². The minimum Gasteiger partial charge on any atom is -0.406 e. The molecule has 0 unspecified atom stereocenters. The minimum absolute atomic E-state index is 0.0173. The molecular weight excluding hydrogens is 535 g/mol. The van der Waals surface area contributed by atoms with E-state index in [1.165, 1.54) is 36.4 Å². The van der Waals surface area contributed by atoms with Crippen LogP contribution in [0.15, 0.2) is 92.8 Å². The van der Waals surface area contributed by atoms with E-state index in [2.05, 4.69) is 25.4 Å². The Morgan fingerprint density at radius 3 is 2.67 bits per heavy atom. The number of nitrogens with one attached hydrogen (secondary N) is 1. The number of benzene rings is 2. The van der Waals surface area contributed by atoms with E-state index in [0.29, 0.717) is 29.9 Å². The van der Waals surface area contributed by atoms with Crippen LogP contribution in [0.5, 0.6) is 5.75 Å². The van der Waals surface area contributed by atoms with Crippen LogP contribution in [0, 0.1) is 10.1 Å². The smallest absolute Gasteiger partial charge is 0.406 e. The lowest BCUT2D eigenvalue weighted by Gasteiger charge is -2.21. The first-order valence-corrected chi connectivity index (χ1v) is 12.0. The fraction of sp³-hybridized carbons (Fsp3) is 0.154. The number of aromatic nitrogens is 1. The Labute approximate surface area is 224 Å². The summed E-state index contributed by atoms with van der Waals surface area (Å²) in [5, 5.41) is 26.0. The standard InChI is InChI=1S/C26H18F3N5O4S/c27-26(28,29)37-18-9-6-16(7-10-18)24-20-12-8-17-13-15(5-11-19(17)23(20)33-38-24)14-30-32-25(39)31-21-3-1-2-4-22(21)34(35)36/h1-7,9-11,14H,8,12-13H2,(H,31,39). The monoisotopic (exact) mass is 553 g/mol. The summed E-state index contributed by atoms with van der Waals surface area (Å²) in [6.07, 6.45) is 2.61. The lowest BCUT2D eigenvalue weighted by molar-refractivity contribution is -0.383. The zero-order valence-corrected chi connectivity index (χ0v) is 20.8. The molecule has 198 valence electrons. The second-order valence-electron chi connectivity index (χ2n) is 8.56. The van der Waals surface area contributed by atoms with E-state index in [9.17, 15) is 23.3 Å². The number of azo groups is 1. The van der Waals surface area contributed by atoms with Crippen molar-refractivity contribution >= 4 is 34.3 Å². The predicted molar refractivity (Wildman–Crippen MR) is 140 cm³/mol. The Morgan fingerprint density at radius 1 is 1.15 bits per heavy atom. The number of rotatable bonds is 5. The normalized spacial score (nSPS) is 15.8. The number of nitro benzene ring substituents is 1. The Bertz CT molecular complexity index is 1570. The minimum atomic E-state index is -4.76. The van der Waals surface area contributed by atoms with Gasteiger partial charge in [-0.3, -0.25) is 10.1 Å². The Hall–Kier alpha value is -4.65. The van der Waals surface area contributed by atoms with Crippen molar-refractivity contribution in [3.8, 4) is 17.1 Å². The Kier molecular flexibility index (Phi) is 7.07. The molecule has 0 atom stereocenters. The molecule has 0 aliphatic heterocycles. The molecule has 3 aromatic rings. The number of fused-ring (bicyclic) bond motifs is 2. The van der Waals surface area contributed by atoms with E-state index in [4.69, 9.17) is 16.7 Å². The number of anilines is 1. The summed E-state index contributed by atoms with van der Waals surface area (Å²) in [4.78, 5) is 10.6. The SMILES string of the molecule is O=[N+]([O-])c1ccccc1NC(=S)N=NC=C1C=CC2=C(CCc3c2noc3-c2ccc(OC(F)(F)F)cc2)C1. The summed E-state index contributed by atoms with van der Waals surface area (Å²) in [6.45, 7) is 0. The van der Waals surface area contributed by atoms with Crippen molar-refractivity contribution in [1.82, 2.24) is 5.16 Å². The molecule has 13 heteroatoms. The number of nitro groups is 1. The Balaban J connectivity index is 1.26. The molecule has 0 saturated carbocycles. The number of thiocarbonyl (C=S) groups is 1. The van der Waals surface area contributed by atoms with Gasteiger partial charge in [-0.15, -0.1) is 18.3 Å². The van der Waals surface area contributed by atoms with Gasteiger partial charge in [-0.2, -0.15) is 5.11 Å². The predicted octanol–water partition coefficient (Wildman–Crippen LogP) is 7.54. The van der Waals surface area contributed by atoms with E-state index in [0.717, 1.165) is 28.7 Å². The molecule has 1 N–H and O–H groups in total. The van der Waals surface area contributed by atoms with Crippen LogP contribution in [0.2, 0.25) is 0 Å². The average molecular weight is 554 g/mol. The maximum absolute atomic E-state index is 12.4. The van der Waals surface area contributed by atoms with Gasteiger partial charge < -0.3 is 14.6 Å². The third-order valence-corrected chi connectivity index (χ3v) is 6.23. The summed E-state index contributed by atoms with van der Waals surface area (Å²) < 4.78 is 46.8. The maximum atomic E-state index is 12.4. The largest absolute Gasteiger partial charge is 0.573 e. The third kappa shape index (κ3) is 5.93. The molecule has 2 aliphatic carbocycles. The first kappa shape index (κ1) is 26.0. The number of para-hydroxylation sites is 2. The first-order chi connectivity index (χ1) is 18.7. The quantitative estimate of drug-likeness (QED) is 0.150. The molecule has 1 aromatic heterocycles. The first-order valence-electron chi connectivity index (χ1n) is 11.6. The van der Waals surface area contributed by atoms with Crippen molar-refractivity contribution in [2.24, 2.45) is 10.2 Å². The molecule has 39 heavy (non-hydrogen) atoms. The van der Waals surface area contributed by atoms with Gasteiger partial charge >= 0.3 is 6.36 Å². The van der Waals surface area contributed by atoms with Crippen molar-refractivity contribution in [3.63, 3.8) is 0 Å². The fourth-order valence-electron chi connectivity index (χ4n) is 4.36. The molecule has 0 radical (unpaired) electrons. The highest BCUT2D eigenvalue weighted by Crippen LogP contribution is 2.42. The van der Waals surface area contributed by atoms with Gasteiger partial charge in [-0.05, 0) is 67.4 Å². The van der Waals surface area contributed by atoms with Gasteiger partial charge in [-0.25, -0.2) is 0 Å². The number of nitrogens with zero attached hydrogens (tertiary/aromatic N) is 4. The van der Waals surface area contributed by atoms with Gasteiger partial charge in [0.15, 0.2) is 5.76 Å². The number of ether oxygens (including phenoxy) is 1. The maximum Gasteiger partial charge on any atom is 0.573 e. The van der Waals surface area contributed by atoms with Crippen LogP contribution in [0.3, 0.4) is 0 Å². The molecule has 9 nitrogen and oxygen atoms in total. The van der Waals surface area contributed by atoms with E-state index < -0.39 is 11.3 Å². The van der Waals surface area contributed by atoms with Gasteiger partial charge in [0.05, 0.1) is 11.1 Å². The summed E-state index contributed by atoms with van der Waals surface area (Å²) in [5.41, 5.74) is 5.26. The summed E-state index contributed by atoms with van der Waals surface area (Å²) >= 11 is 5.13. The highest BCUT2D eigenvalue weighted by Gasteiger charge is 2.31. The lowest BCUT2D eigenvalue weighted by Crippen LogP contribution is -2.16. The molecule has 1 heterocycles. The van der Waals surface area contributed by atoms with Crippen LogP contribution >= 0.6 is 12.2 Å². The topological polar surface area (TPSA) is 115 Å². The second kappa shape index (κ2) is 10.6. The third-order valence-electron chi connectivity index (χ3n) is 6.05. The van der Waals surface area contributed by atoms with Crippen LogP contribution < -0.4 is 10.1 Å². The van der Waals surface area contributed by atoms with Gasteiger partial charge in [0.25, 0.3) is 5.69 Å². The molecular formula is C26H18F3N5O4S. The molecule has 0 spiro atoms. The number of hydrogen-bond donors (Lipinski definition) is 1. The molecule has 0 bridgehead atoms. The number of alkyl halides is 3. The van der Waals surface area contributed by atoms with E-state index >= 15 is 0 Å². The fourth-order valence-corrected chi connectivity index (χ4v) is 4.52. The summed E-state index contributed by atoms with van der Waals surface area (Å²) in [6, 6.07) is 11.6. The molecule has 0 amide bonds. The van der Waals surface area contributed by atoms with Gasteiger partial charge in [0, 0.05) is 22.8 Å². The molecule has 0 saturated heterocycles. The average Bonchev–Trinajstić information content (AvgIpc) is 3.33. The lowest BCUT2D eigenvalue weighted by atomic mass is 9.82. The van der Waals surface area contributed by atoms with Crippen molar-refractivity contribution in [2.75, 3.05) is 5.32 Å². The van der Waals surface area contributed by atoms with E-state index in [-0.39, 0.29) is 22.2 Å². The Morgan fingerprint density at radius 2 is 1.92 bits per heavy atom. The highest BCUT2D eigenvalue weighted by molar-refractivity contribution is 7.80. The van der Waals surface area contributed by atoms with Gasteiger partial charge in [0.2, 0.25) is 5.11 Å². The molecule has 0 fully saturated rings. The molecule has 2 aromatic carbocycles. The molecule has 2 aliphatic rings. The van der Waals surface area contributed by atoms with Gasteiger partial charge in [-0.1, -0.05) is 35.0 Å². The van der Waals surface area contributed by atoms with Crippen LogP contribution in [0.4, 0.5) is 24.5 Å².